The first-order chi connectivity index (χ1) is 14.8. The second-order valence-corrected chi connectivity index (χ2v) is 7.81. The van der Waals surface area contributed by atoms with Gasteiger partial charge in [-0.05, 0) is 60.4 Å². The maximum Gasteiger partial charge on any atom is 0.262 e. The van der Waals surface area contributed by atoms with Crippen molar-refractivity contribution in [1.29, 1.82) is 0 Å². The minimum atomic E-state index is -0.280. The van der Waals surface area contributed by atoms with Gasteiger partial charge in [-0.2, -0.15) is 0 Å². The zero-order valence-corrected chi connectivity index (χ0v) is 18.4. The van der Waals surface area contributed by atoms with E-state index >= 15 is 0 Å². The summed E-state index contributed by atoms with van der Waals surface area (Å²) in [6, 6.07) is 22.3. The Balaban J connectivity index is 1.65. The maximum absolute atomic E-state index is 12.8. The Kier molecular flexibility index (Phi) is 7.08. The predicted octanol–water partition coefficient (Wildman–Crippen LogP) is 5.41. The number of hydrogen-bond donors (Lipinski definition) is 1. The highest BCUT2D eigenvalue weighted by molar-refractivity contribution is 6.06. The van der Waals surface area contributed by atoms with Crippen molar-refractivity contribution in [3.05, 3.63) is 89.5 Å². The molecule has 0 aliphatic heterocycles. The zero-order valence-electron chi connectivity index (χ0n) is 18.4. The first kappa shape index (κ1) is 22.1. The van der Waals surface area contributed by atoms with Gasteiger partial charge in [-0.1, -0.05) is 50.2 Å². The van der Waals surface area contributed by atoms with Gasteiger partial charge >= 0.3 is 0 Å². The van der Waals surface area contributed by atoms with Crippen LogP contribution in [0.2, 0.25) is 0 Å². The van der Waals surface area contributed by atoms with Crippen molar-refractivity contribution in [1.82, 2.24) is 0 Å². The van der Waals surface area contributed by atoms with Crippen LogP contribution in [0.15, 0.2) is 72.8 Å². The van der Waals surface area contributed by atoms with E-state index in [2.05, 4.69) is 19.2 Å². The summed E-state index contributed by atoms with van der Waals surface area (Å²) in [7, 11) is 1.73. The number of hydrogen-bond acceptors (Lipinski definition) is 3. The second kappa shape index (κ2) is 9.94. The molecule has 0 radical (unpaired) electrons. The van der Waals surface area contributed by atoms with Crippen LogP contribution in [-0.2, 0) is 4.79 Å². The van der Waals surface area contributed by atoms with Gasteiger partial charge in [-0.3, -0.25) is 9.59 Å². The van der Waals surface area contributed by atoms with Crippen LogP contribution >= 0.6 is 0 Å². The molecule has 0 saturated carbocycles. The molecule has 3 rings (SSSR count). The van der Waals surface area contributed by atoms with Crippen LogP contribution in [0.1, 0.15) is 41.3 Å². The Morgan fingerprint density at radius 1 is 0.968 bits per heavy atom. The molecular weight excluding hydrogens is 388 g/mol. The van der Waals surface area contributed by atoms with Gasteiger partial charge in [-0.25, -0.2) is 0 Å². The summed E-state index contributed by atoms with van der Waals surface area (Å²) >= 11 is 0. The topological polar surface area (TPSA) is 58.6 Å². The molecule has 31 heavy (non-hydrogen) atoms. The fraction of sp³-hybridized carbons (Fsp3) is 0.231. The Morgan fingerprint density at radius 2 is 1.71 bits per heavy atom. The number of anilines is 2. The number of nitrogens with one attached hydrogen (secondary N) is 1. The lowest BCUT2D eigenvalue weighted by Gasteiger charge is -2.18. The third-order valence-corrected chi connectivity index (χ3v) is 4.99. The van der Waals surface area contributed by atoms with Crippen LogP contribution < -0.4 is 15.0 Å². The molecule has 0 atom stereocenters. The summed E-state index contributed by atoms with van der Waals surface area (Å²) in [4.78, 5) is 26.9. The number of benzene rings is 3. The van der Waals surface area contributed by atoms with Gasteiger partial charge in [0.1, 0.15) is 5.75 Å². The molecule has 0 unspecified atom stereocenters. The van der Waals surface area contributed by atoms with Crippen LogP contribution in [0.3, 0.4) is 0 Å². The quantitative estimate of drug-likeness (QED) is 0.560. The number of carbonyl (C=O) groups is 2. The molecule has 0 fully saturated rings. The lowest BCUT2D eigenvalue weighted by Crippen LogP contribution is -2.26. The lowest BCUT2D eigenvalue weighted by molar-refractivity contribution is -0.118. The van der Waals surface area contributed by atoms with Crippen molar-refractivity contribution in [2.45, 2.75) is 26.7 Å². The number of para-hydroxylation sites is 1. The maximum atomic E-state index is 12.8. The molecule has 0 saturated heterocycles. The standard InChI is InChI=1S/C26H28N2O3/c1-18(2)23-14-13-19(3)15-24(23)31-17-25(29)27-21-10-8-9-20(16-21)26(30)28(4)22-11-6-5-7-12-22/h5-16,18H,17H2,1-4H3,(H,27,29). The first-order valence-corrected chi connectivity index (χ1v) is 10.3. The third-order valence-electron chi connectivity index (χ3n) is 4.99. The van der Waals surface area contributed by atoms with Gasteiger partial charge < -0.3 is 15.0 Å². The van der Waals surface area contributed by atoms with Gasteiger partial charge in [0.15, 0.2) is 6.61 Å². The molecule has 1 N–H and O–H groups in total. The van der Waals surface area contributed by atoms with E-state index in [0.29, 0.717) is 17.2 Å². The molecule has 0 heterocycles. The molecule has 5 nitrogen and oxygen atoms in total. The van der Waals surface area contributed by atoms with Crippen LogP contribution in [0.25, 0.3) is 0 Å². The zero-order chi connectivity index (χ0) is 22.4. The van der Waals surface area contributed by atoms with E-state index in [9.17, 15) is 9.59 Å². The van der Waals surface area contributed by atoms with Gasteiger partial charge in [0.25, 0.3) is 11.8 Å². The van der Waals surface area contributed by atoms with Gasteiger partial charge in [0.05, 0.1) is 0 Å². The predicted molar refractivity (Wildman–Crippen MR) is 125 cm³/mol. The summed E-state index contributed by atoms with van der Waals surface area (Å²) in [5.41, 5.74) is 3.98. The molecule has 3 aromatic carbocycles. The second-order valence-electron chi connectivity index (χ2n) is 7.81. The van der Waals surface area contributed by atoms with Crippen molar-refractivity contribution >= 4 is 23.2 Å². The molecule has 0 spiro atoms. The number of aryl methyl sites for hydroxylation is 1. The average Bonchev–Trinajstić information content (AvgIpc) is 2.77. The average molecular weight is 417 g/mol. The van der Waals surface area contributed by atoms with Gasteiger partial charge in [0.2, 0.25) is 0 Å². The van der Waals surface area contributed by atoms with Gasteiger partial charge in [0, 0.05) is 24.0 Å². The molecule has 160 valence electrons. The number of rotatable bonds is 7. The van der Waals surface area contributed by atoms with Crippen molar-refractivity contribution in [3.63, 3.8) is 0 Å². The molecule has 5 heteroatoms. The van der Waals surface area contributed by atoms with E-state index in [1.54, 1.807) is 36.2 Å². The molecule has 0 bridgehead atoms. The van der Waals surface area contributed by atoms with Crippen molar-refractivity contribution in [3.8, 4) is 5.75 Å². The Hall–Kier alpha value is -3.60. The van der Waals surface area contributed by atoms with E-state index in [4.69, 9.17) is 4.74 Å². The fourth-order valence-electron chi connectivity index (χ4n) is 3.28. The Morgan fingerprint density at radius 3 is 2.42 bits per heavy atom. The van der Waals surface area contributed by atoms with Crippen molar-refractivity contribution in [2.75, 3.05) is 23.9 Å². The summed E-state index contributed by atoms with van der Waals surface area (Å²) in [6.45, 7) is 6.07. The molecule has 0 aliphatic carbocycles. The third kappa shape index (κ3) is 5.72. The van der Waals surface area contributed by atoms with Crippen LogP contribution in [0.4, 0.5) is 11.4 Å². The van der Waals surface area contributed by atoms with E-state index in [1.807, 2.05) is 55.5 Å². The summed E-state index contributed by atoms with van der Waals surface area (Å²) < 4.78 is 5.80. The monoisotopic (exact) mass is 416 g/mol. The molecule has 2 amide bonds. The first-order valence-electron chi connectivity index (χ1n) is 10.3. The number of amides is 2. The van der Waals surface area contributed by atoms with Crippen molar-refractivity contribution in [2.24, 2.45) is 0 Å². The molecule has 0 aromatic heterocycles. The highest BCUT2D eigenvalue weighted by atomic mass is 16.5. The normalized spacial score (nSPS) is 10.6. The van der Waals surface area contributed by atoms with E-state index in [0.717, 1.165) is 22.6 Å². The van der Waals surface area contributed by atoms with Crippen molar-refractivity contribution < 1.29 is 14.3 Å². The minimum absolute atomic E-state index is 0.106. The summed E-state index contributed by atoms with van der Waals surface area (Å²) in [5, 5.41) is 2.81. The highest BCUT2D eigenvalue weighted by Crippen LogP contribution is 2.27. The largest absolute Gasteiger partial charge is 0.483 e. The smallest absolute Gasteiger partial charge is 0.262 e. The van der Waals surface area contributed by atoms with Gasteiger partial charge in [-0.15, -0.1) is 0 Å². The fourth-order valence-corrected chi connectivity index (χ4v) is 3.28. The van der Waals surface area contributed by atoms with E-state index in [-0.39, 0.29) is 18.4 Å². The molecule has 0 aliphatic rings. The summed E-state index contributed by atoms with van der Waals surface area (Å²) in [5.74, 6) is 0.582. The Labute approximate surface area is 183 Å². The SMILES string of the molecule is Cc1ccc(C(C)C)c(OCC(=O)Nc2cccc(C(=O)N(C)c3ccccc3)c2)c1. The number of carbonyl (C=O) groups excluding carboxylic acids is 2. The molecule has 3 aromatic rings. The summed E-state index contributed by atoms with van der Waals surface area (Å²) in [6.07, 6.45) is 0. The minimum Gasteiger partial charge on any atom is -0.483 e. The van der Waals surface area contributed by atoms with E-state index < -0.39 is 0 Å². The van der Waals surface area contributed by atoms with Crippen LogP contribution in [-0.4, -0.2) is 25.5 Å². The number of nitrogens with zero attached hydrogens (tertiary/aromatic N) is 1. The molecular formula is C26H28N2O3. The van der Waals surface area contributed by atoms with Crippen LogP contribution in [0, 0.1) is 6.92 Å². The highest BCUT2D eigenvalue weighted by Gasteiger charge is 2.15. The Bertz CT molecular complexity index is 1060. The van der Waals surface area contributed by atoms with Crippen LogP contribution in [0.5, 0.6) is 5.75 Å². The lowest BCUT2D eigenvalue weighted by atomic mass is 10.0. The van der Waals surface area contributed by atoms with E-state index in [1.165, 1.54) is 0 Å². The number of ether oxygens (including phenoxy) is 1.